The molecule has 5 heteroatoms. The Morgan fingerprint density at radius 3 is 3.00 bits per heavy atom. The van der Waals surface area contributed by atoms with Gasteiger partial charge in [0, 0.05) is 23.8 Å². The van der Waals surface area contributed by atoms with E-state index in [0.29, 0.717) is 16.7 Å². The first-order valence-corrected chi connectivity index (χ1v) is 5.64. The number of pyridine rings is 1. The van der Waals surface area contributed by atoms with Crippen LogP contribution >= 0.6 is 15.9 Å². The Morgan fingerprint density at radius 1 is 1.53 bits per heavy atom. The fourth-order valence-electron chi connectivity index (χ4n) is 1.08. The highest BCUT2D eigenvalue weighted by molar-refractivity contribution is 9.10. The fourth-order valence-corrected chi connectivity index (χ4v) is 1.51. The smallest absolute Gasteiger partial charge is 0.271 e. The zero-order valence-electron chi connectivity index (χ0n) is 8.59. The summed E-state index contributed by atoms with van der Waals surface area (Å²) in [5, 5.41) is 5.90. The van der Waals surface area contributed by atoms with E-state index in [1.54, 1.807) is 18.3 Å². The number of likely N-dealkylation sites (N-methyl/N-ethyl adjacent to an activating group) is 1. The maximum absolute atomic E-state index is 11.6. The predicted molar refractivity (Wildman–Crippen MR) is 62.8 cm³/mol. The second-order valence-corrected chi connectivity index (χ2v) is 3.80. The summed E-state index contributed by atoms with van der Waals surface area (Å²) < 4.78 is 0.714. The number of carbonyl (C=O) groups excluding carboxylic acids is 1. The standard InChI is InChI=1S/C10H14BrN3O/c1-2-12-6-7-14-10(15)9-8(11)4-3-5-13-9/h3-5,12H,2,6-7H2,1H3,(H,14,15). The molecule has 1 aromatic rings. The normalized spacial score (nSPS) is 10.0. The summed E-state index contributed by atoms with van der Waals surface area (Å²) in [6.07, 6.45) is 1.60. The molecule has 0 aliphatic rings. The highest BCUT2D eigenvalue weighted by atomic mass is 79.9. The number of nitrogens with zero attached hydrogens (tertiary/aromatic N) is 1. The average Bonchev–Trinajstić information content (AvgIpc) is 2.25. The van der Waals surface area contributed by atoms with Gasteiger partial charge in [0.25, 0.3) is 5.91 Å². The summed E-state index contributed by atoms with van der Waals surface area (Å²) in [6.45, 7) is 4.31. The summed E-state index contributed by atoms with van der Waals surface area (Å²) in [5.41, 5.74) is 0.425. The quantitative estimate of drug-likeness (QED) is 0.791. The Hall–Kier alpha value is -0.940. The van der Waals surface area contributed by atoms with Crippen LogP contribution < -0.4 is 10.6 Å². The van der Waals surface area contributed by atoms with E-state index < -0.39 is 0 Å². The molecule has 0 bridgehead atoms. The van der Waals surface area contributed by atoms with E-state index in [-0.39, 0.29) is 5.91 Å². The Balaban J connectivity index is 2.44. The van der Waals surface area contributed by atoms with Crippen molar-refractivity contribution in [1.29, 1.82) is 0 Å². The minimum atomic E-state index is -0.152. The molecule has 0 aliphatic carbocycles. The van der Waals surface area contributed by atoms with E-state index in [0.717, 1.165) is 13.1 Å². The van der Waals surface area contributed by atoms with Crippen molar-refractivity contribution in [2.45, 2.75) is 6.92 Å². The first-order chi connectivity index (χ1) is 7.25. The molecule has 1 heterocycles. The molecule has 1 aromatic heterocycles. The zero-order valence-corrected chi connectivity index (χ0v) is 10.2. The fraction of sp³-hybridized carbons (Fsp3) is 0.400. The molecule has 0 aromatic carbocycles. The lowest BCUT2D eigenvalue weighted by molar-refractivity contribution is 0.0948. The Bertz CT molecular complexity index is 330. The molecule has 0 saturated heterocycles. The first kappa shape index (κ1) is 12.1. The molecular formula is C10H14BrN3O. The molecular weight excluding hydrogens is 258 g/mol. The molecule has 0 saturated carbocycles. The van der Waals surface area contributed by atoms with Crippen molar-refractivity contribution < 1.29 is 4.79 Å². The molecule has 0 fully saturated rings. The number of carbonyl (C=O) groups is 1. The number of hydrogen-bond donors (Lipinski definition) is 2. The zero-order chi connectivity index (χ0) is 11.1. The van der Waals surface area contributed by atoms with Crippen molar-refractivity contribution in [3.8, 4) is 0 Å². The van der Waals surface area contributed by atoms with Crippen LogP contribution in [0.5, 0.6) is 0 Å². The minimum absolute atomic E-state index is 0.152. The van der Waals surface area contributed by atoms with Crippen LogP contribution in [0.25, 0.3) is 0 Å². The molecule has 1 amide bonds. The van der Waals surface area contributed by atoms with Crippen LogP contribution in [0.15, 0.2) is 22.8 Å². The summed E-state index contributed by atoms with van der Waals surface area (Å²) in [7, 11) is 0. The largest absolute Gasteiger partial charge is 0.349 e. The third kappa shape index (κ3) is 3.97. The van der Waals surface area contributed by atoms with E-state index in [2.05, 4.69) is 31.5 Å². The van der Waals surface area contributed by atoms with Gasteiger partial charge in [-0.1, -0.05) is 6.92 Å². The van der Waals surface area contributed by atoms with Crippen LogP contribution in [0.1, 0.15) is 17.4 Å². The van der Waals surface area contributed by atoms with Crippen LogP contribution in [0.2, 0.25) is 0 Å². The first-order valence-electron chi connectivity index (χ1n) is 4.85. The monoisotopic (exact) mass is 271 g/mol. The summed E-state index contributed by atoms with van der Waals surface area (Å²) >= 11 is 3.28. The highest BCUT2D eigenvalue weighted by Gasteiger charge is 2.09. The summed E-state index contributed by atoms with van der Waals surface area (Å²) in [4.78, 5) is 15.6. The number of hydrogen-bond acceptors (Lipinski definition) is 3. The minimum Gasteiger partial charge on any atom is -0.349 e. The van der Waals surface area contributed by atoms with Gasteiger partial charge in [-0.05, 0) is 34.6 Å². The van der Waals surface area contributed by atoms with E-state index in [4.69, 9.17) is 0 Å². The number of rotatable bonds is 5. The Morgan fingerprint density at radius 2 is 2.33 bits per heavy atom. The van der Waals surface area contributed by atoms with E-state index in [1.807, 2.05) is 6.92 Å². The van der Waals surface area contributed by atoms with Gasteiger partial charge in [-0.25, -0.2) is 4.98 Å². The van der Waals surface area contributed by atoms with Crippen molar-refractivity contribution in [2.75, 3.05) is 19.6 Å². The third-order valence-electron chi connectivity index (χ3n) is 1.81. The molecule has 1 rings (SSSR count). The lowest BCUT2D eigenvalue weighted by Crippen LogP contribution is -2.32. The topological polar surface area (TPSA) is 54.0 Å². The van der Waals surface area contributed by atoms with Gasteiger partial charge in [0.15, 0.2) is 0 Å². The van der Waals surface area contributed by atoms with Gasteiger partial charge in [-0.2, -0.15) is 0 Å². The molecule has 2 N–H and O–H groups in total. The van der Waals surface area contributed by atoms with Gasteiger partial charge < -0.3 is 10.6 Å². The molecule has 0 unspecified atom stereocenters. The highest BCUT2D eigenvalue weighted by Crippen LogP contribution is 2.12. The molecule has 82 valence electrons. The SMILES string of the molecule is CCNCCNC(=O)c1ncccc1Br. The number of amides is 1. The van der Waals surface area contributed by atoms with Gasteiger partial charge in [-0.3, -0.25) is 4.79 Å². The summed E-state index contributed by atoms with van der Waals surface area (Å²) in [6, 6.07) is 3.58. The number of nitrogens with one attached hydrogen (secondary N) is 2. The lowest BCUT2D eigenvalue weighted by Gasteiger charge is -2.05. The molecule has 0 radical (unpaired) electrons. The molecule has 4 nitrogen and oxygen atoms in total. The number of aromatic nitrogens is 1. The van der Waals surface area contributed by atoms with Crippen molar-refractivity contribution in [1.82, 2.24) is 15.6 Å². The Kier molecular flexibility index (Phi) is 5.28. The molecule has 0 spiro atoms. The van der Waals surface area contributed by atoms with Gasteiger partial charge >= 0.3 is 0 Å². The van der Waals surface area contributed by atoms with Crippen LogP contribution in [-0.4, -0.2) is 30.5 Å². The summed E-state index contributed by atoms with van der Waals surface area (Å²) in [5.74, 6) is -0.152. The van der Waals surface area contributed by atoms with Crippen LogP contribution in [0, 0.1) is 0 Å². The average molecular weight is 272 g/mol. The van der Waals surface area contributed by atoms with Crippen LogP contribution in [-0.2, 0) is 0 Å². The van der Waals surface area contributed by atoms with Gasteiger partial charge in [0.05, 0.1) is 0 Å². The molecule has 0 atom stereocenters. The van der Waals surface area contributed by atoms with Crippen molar-refractivity contribution in [2.24, 2.45) is 0 Å². The third-order valence-corrected chi connectivity index (χ3v) is 2.45. The van der Waals surface area contributed by atoms with Gasteiger partial charge in [-0.15, -0.1) is 0 Å². The van der Waals surface area contributed by atoms with Crippen LogP contribution in [0.3, 0.4) is 0 Å². The van der Waals surface area contributed by atoms with Crippen LogP contribution in [0.4, 0.5) is 0 Å². The van der Waals surface area contributed by atoms with Gasteiger partial charge in [0.2, 0.25) is 0 Å². The van der Waals surface area contributed by atoms with Crippen molar-refractivity contribution in [3.05, 3.63) is 28.5 Å². The maximum Gasteiger partial charge on any atom is 0.271 e. The second-order valence-electron chi connectivity index (χ2n) is 2.94. The van der Waals surface area contributed by atoms with E-state index in [9.17, 15) is 4.79 Å². The second kappa shape index (κ2) is 6.53. The van der Waals surface area contributed by atoms with Gasteiger partial charge in [0.1, 0.15) is 5.69 Å². The molecule has 15 heavy (non-hydrogen) atoms. The lowest BCUT2D eigenvalue weighted by atomic mass is 10.3. The maximum atomic E-state index is 11.6. The molecule has 0 aliphatic heterocycles. The van der Waals surface area contributed by atoms with Crippen molar-refractivity contribution >= 4 is 21.8 Å². The predicted octanol–water partition coefficient (Wildman–Crippen LogP) is 1.18. The van der Waals surface area contributed by atoms with Crippen molar-refractivity contribution in [3.63, 3.8) is 0 Å². The van der Waals surface area contributed by atoms with E-state index in [1.165, 1.54) is 0 Å². The number of halogens is 1. The van der Waals surface area contributed by atoms with E-state index >= 15 is 0 Å². The Labute approximate surface area is 97.6 Å².